The molecular formula is C20H29N. The minimum absolute atomic E-state index is 0.346. The quantitative estimate of drug-likeness (QED) is 0.710. The fourth-order valence-corrected chi connectivity index (χ4v) is 4.12. The number of fused-ring (bicyclic) bond motifs is 1. The van der Waals surface area contributed by atoms with E-state index < -0.39 is 0 Å². The van der Waals surface area contributed by atoms with Crippen LogP contribution in [0.3, 0.4) is 0 Å². The van der Waals surface area contributed by atoms with Crippen LogP contribution in [0, 0.1) is 23.2 Å². The topological polar surface area (TPSA) is 26.0 Å². The molecule has 1 nitrogen and oxygen atoms in total. The Morgan fingerprint density at radius 2 is 1.81 bits per heavy atom. The second-order valence-corrected chi connectivity index (χ2v) is 8.01. The lowest BCUT2D eigenvalue weighted by atomic mass is 9.68. The zero-order valence-electron chi connectivity index (χ0n) is 13.7. The molecule has 0 spiro atoms. The van der Waals surface area contributed by atoms with E-state index in [2.05, 4.69) is 51.2 Å². The fraction of sp³-hybridized carbons (Fsp3) is 0.600. The summed E-state index contributed by atoms with van der Waals surface area (Å²) in [5.74, 6) is 2.02. The van der Waals surface area contributed by atoms with E-state index in [0.717, 1.165) is 18.0 Å². The van der Waals surface area contributed by atoms with Gasteiger partial charge in [-0.3, -0.25) is 0 Å². The van der Waals surface area contributed by atoms with Crippen molar-refractivity contribution in [2.24, 2.45) is 28.9 Å². The van der Waals surface area contributed by atoms with Crippen LogP contribution in [0.1, 0.15) is 52.9 Å². The smallest absolute Gasteiger partial charge is 0.0352 e. The third-order valence-electron chi connectivity index (χ3n) is 5.55. The molecule has 1 fully saturated rings. The van der Waals surface area contributed by atoms with Gasteiger partial charge in [0, 0.05) is 5.70 Å². The normalized spacial score (nSPS) is 32.9. The molecule has 3 unspecified atom stereocenters. The van der Waals surface area contributed by atoms with Gasteiger partial charge in [0.25, 0.3) is 0 Å². The van der Waals surface area contributed by atoms with E-state index >= 15 is 0 Å². The van der Waals surface area contributed by atoms with E-state index in [4.69, 9.17) is 5.73 Å². The molecule has 114 valence electrons. The summed E-state index contributed by atoms with van der Waals surface area (Å²) in [6, 6.07) is 0. The monoisotopic (exact) mass is 283 g/mol. The Labute approximate surface area is 129 Å². The molecule has 0 aromatic carbocycles. The maximum atomic E-state index is 6.36. The summed E-state index contributed by atoms with van der Waals surface area (Å²) < 4.78 is 0. The van der Waals surface area contributed by atoms with Gasteiger partial charge >= 0.3 is 0 Å². The largest absolute Gasteiger partial charge is 0.398 e. The van der Waals surface area contributed by atoms with Crippen LogP contribution in [0.2, 0.25) is 0 Å². The van der Waals surface area contributed by atoms with Crippen molar-refractivity contribution in [1.82, 2.24) is 0 Å². The van der Waals surface area contributed by atoms with Gasteiger partial charge in [-0.15, -0.1) is 0 Å². The Bertz CT molecular complexity index is 525. The van der Waals surface area contributed by atoms with E-state index in [1.165, 1.54) is 36.8 Å². The molecule has 3 aliphatic carbocycles. The Hall–Kier alpha value is -1.24. The van der Waals surface area contributed by atoms with Gasteiger partial charge in [-0.2, -0.15) is 0 Å². The summed E-state index contributed by atoms with van der Waals surface area (Å²) >= 11 is 0. The molecule has 1 heteroatoms. The standard InChI is InChI=1S/C20H29N/c1-20(2,3)16-11-8-15(9-12-16)19-17-7-5-4-6-14(17)10-13-18(19)21/h8-11,13-14,16-17H,4-7,12,21H2,1-3H3. The van der Waals surface area contributed by atoms with Crippen LogP contribution in [0.15, 0.2) is 47.2 Å². The molecule has 0 amide bonds. The highest BCUT2D eigenvalue weighted by atomic mass is 14.6. The van der Waals surface area contributed by atoms with E-state index in [-0.39, 0.29) is 0 Å². The predicted octanol–water partition coefficient (Wildman–Crippen LogP) is 5.12. The first kappa shape index (κ1) is 14.7. The van der Waals surface area contributed by atoms with Crippen molar-refractivity contribution in [3.63, 3.8) is 0 Å². The molecule has 3 aliphatic rings. The van der Waals surface area contributed by atoms with Gasteiger partial charge in [0.05, 0.1) is 0 Å². The molecule has 0 aromatic rings. The van der Waals surface area contributed by atoms with Gasteiger partial charge in [-0.25, -0.2) is 0 Å². The van der Waals surface area contributed by atoms with E-state index in [1.54, 1.807) is 0 Å². The van der Waals surface area contributed by atoms with E-state index in [0.29, 0.717) is 17.3 Å². The van der Waals surface area contributed by atoms with Crippen LogP contribution in [0.4, 0.5) is 0 Å². The lowest BCUT2D eigenvalue weighted by Crippen LogP contribution is -2.27. The zero-order valence-corrected chi connectivity index (χ0v) is 13.7. The summed E-state index contributed by atoms with van der Waals surface area (Å²) in [5.41, 5.74) is 10.5. The molecule has 0 aromatic heterocycles. The van der Waals surface area contributed by atoms with E-state index in [1.807, 2.05) is 0 Å². The average molecular weight is 283 g/mol. The van der Waals surface area contributed by atoms with Crippen molar-refractivity contribution in [3.8, 4) is 0 Å². The highest BCUT2D eigenvalue weighted by molar-refractivity contribution is 5.50. The lowest BCUT2D eigenvalue weighted by Gasteiger charge is -2.37. The molecule has 2 N–H and O–H groups in total. The van der Waals surface area contributed by atoms with E-state index in [9.17, 15) is 0 Å². The molecule has 0 saturated heterocycles. The van der Waals surface area contributed by atoms with Crippen LogP contribution in [0.25, 0.3) is 0 Å². The predicted molar refractivity (Wildman–Crippen MR) is 90.6 cm³/mol. The second kappa shape index (κ2) is 5.51. The van der Waals surface area contributed by atoms with Crippen LogP contribution in [0.5, 0.6) is 0 Å². The summed E-state index contributed by atoms with van der Waals surface area (Å²) in [6.45, 7) is 6.99. The highest BCUT2D eigenvalue weighted by Crippen LogP contribution is 2.44. The number of allylic oxidation sites excluding steroid dienone is 7. The van der Waals surface area contributed by atoms with Gasteiger partial charge in [-0.05, 0) is 59.7 Å². The van der Waals surface area contributed by atoms with Gasteiger partial charge in [0.15, 0.2) is 0 Å². The molecule has 0 bridgehead atoms. The maximum absolute atomic E-state index is 6.36. The zero-order chi connectivity index (χ0) is 15.0. The van der Waals surface area contributed by atoms with Crippen LogP contribution in [-0.2, 0) is 0 Å². The maximum Gasteiger partial charge on any atom is 0.0352 e. The van der Waals surface area contributed by atoms with Crippen molar-refractivity contribution < 1.29 is 0 Å². The summed E-state index contributed by atoms with van der Waals surface area (Å²) in [5, 5.41) is 0. The minimum Gasteiger partial charge on any atom is -0.398 e. The molecule has 0 radical (unpaired) electrons. The van der Waals surface area contributed by atoms with Crippen LogP contribution >= 0.6 is 0 Å². The highest BCUT2D eigenvalue weighted by Gasteiger charge is 2.32. The lowest BCUT2D eigenvalue weighted by molar-refractivity contribution is 0.292. The van der Waals surface area contributed by atoms with Gasteiger partial charge in [0.2, 0.25) is 0 Å². The first-order chi connectivity index (χ1) is 9.97. The molecule has 0 aliphatic heterocycles. The second-order valence-electron chi connectivity index (χ2n) is 8.01. The van der Waals surface area contributed by atoms with Crippen molar-refractivity contribution in [1.29, 1.82) is 0 Å². The Morgan fingerprint density at radius 3 is 2.48 bits per heavy atom. The average Bonchev–Trinajstić information content (AvgIpc) is 2.46. The Balaban J connectivity index is 1.85. The fourth-order valence-electron chi connectivity index (χ4n) is 4.12. The first-order valence-corrected chi connectivity index (χ1v) is 8.53. The molecule has 3 rings (SSSR count). The molecule has 1 saturated carbocycles. The van der Waals surface area contributed by atoms with Crippen molar-refractivity contribution >= 4 is 0 Å². The minimum atomic E-state index is 0.346. The summed E-state index contributed by atoms with van der Waals surface area (Å²) in [7, 11) is 0. The first-order valence-electron chi connectivity index (χ1n) is 8.53. The number of rotatable bonds is 1. The third kappa shape index (κ3) is 2.88. The molecule has 0 heterocycles. The van der Waals surface area contributed by atoms with Crippen molar-refractivity contribution in [3.05, 3.63) is 47.2 Å². The Morgan fingerprint density at radius 1 is 1.05 bits per heavy atom. The van der Waals surface area contributed by atoms with Crippen LogP contribution in [-0.4, -0.2) is 0 Å². The summed E-state index contributed by atoms with van der Waals surface area (Å²) in [4.78, 5) is 0. The molecule has 21 heavy (non-hydrogen) atoms. The van der Waals surface area contributed by atoms with Gasteiger partial charge in [-0.1, -0.05) is 57.9 Å². The van der Waals surface area contributed by atoms with Gasteiger partial charge in [0.1, 0.15) is 0 Å². The third-order valence-corrected chi connectivity index (χ3v) is 5.55. The van der Waals surface area contributed by atoms with Crippen molar-refractivity contribution in [2.75, 3.05) is 0 Å². The Kier molecular flexibility index (Phi) is 3.86. The number of hydrogen-bond donors (Lipinski definition) is 1. The summed E-state index contributed by atoms with van der Waals surface area (Å²) in [6.07, 6.45) is 18.2. The molecule has 3 atom stereocenters. The van der Waals surface area contributed by atoms with Crippen LogP contribution < -0.4 is 5.73 Å². The van der Waals surface area contributed by atoms with Crippen molar-refractivity contribution in [2.45, 2.75) is 52.9 Å². The van der Waals surface area contributed by atoms with Gasteiger partial charge < -0.3 is 5.73 Å². The molecular weight excluding hydrogens is 254 g/mol. The SMILES string of the molecule is CC(C)(C)C1C=CC(C2=C(N)C=CC3CCCCC23)=CC1. The number of nitrogens with two attached hydrogens (primary N) is 1. The number of hydrogen-bond acceptors (Lipinski definition) is 1.